The minimum absolute atomic E-state index is 0.137. The van der Waals surface area contributed by atoms with Crippen LogP contribution in [0.25, 0.3) is 0 Å². The summed E-state index contributed by atoms with van der Waals surface area (Å²) in [6.07, 6.45) is -0.629. The van der Waals surface area contributed by atoms with Crippen molar-refractivity contribution in [2.45, 2.75) is 13.0 Å². The van der Waals surface area contributed by atoms with Crippen molar-refractivity contribution < 1.29 is 9.53 Å². The molecule has 0 aliphatic carbocycles. The third-order valence-corrected chi connectivity index (χ3v) is 2.18. The first-order valence-corrected chi connectivity index (χ1v) is 5.00. The number of amides is 1. The first kappa shape index (κ1) is 12.1. The van der Waals surface area contributed by atoms with Gasteiger partial charge in [0.2, 0.25) is 0 Å². The van der Waals surface area contributed by atoms with Crippen molar-refractivity contribution in [2.75, 3.05) is 7.05 Å². The summed E-state index contributed by atoms with van der Waals surface area (Å²) in [4.78, 5) is 15.0. The van der Waals surface area contributed by atoms with Gasteiger partial charge < -0.3 is 10.1 Å². The van der Waals surface area contributed by atoms with E-state index in [2.05, 4.69) is 10.3 Å². The fourth-order valence-corrected chi connectivity index (χ4v) is 1.32. The van der Waals surface area contributed by atoms with Crippen LogP contribution in [0.4, 0.5) is 0 Å². The molecule has 1 N–H and O–H groups in total. The molecule has 1 rings (SSSR count). The number of ether oxygens (including phenoxy) is 1. The Morgan fingerprint density at radius 1 is 1.53 bits per heavy atom. The fourth-order valence-electron chi connectivity index (χ4n) is 0.934. The van der Waals surface area contributed by atoms with E-state index in [-0.39, 0.29) is 16.2 Å². The Morgan fingerprint density at radius 2 is 2.20 bits per heavy atom. The van der Waals surface area contributed by atoms with Crippen molar-refractivity contribution in [1.82, 2.24) is 10.3 Å². The molecule has 0 bridgehead atoms. The molecule has 0 radical (unpaired) electrons. The number of rotatable bonds is 3. The van der Waals surface area contributed by atoms with Crippen molar-refractivity contribution in [3.05, 3.63) is 22.4 Å². The van der Waals surface area contributed by atoms with E-state index in [4.69, 9.17) is 27.9 Å². The summed E-state index contributed by atoms with van der Waals surface area (Å²) in [6.45, 7) is 1.61. The first-order valence-electron chi connectivity index (χ1n) is 4.25. The highest BCUT2D eigenvalue weighted by Gasteiger charge is 2.14. The van der Waals surface area contributed by atoms with Gasteiger partial charge in [0.15, 0.2) is 17.0 Å². The number of hydrogen-bond donors (Lipinski definition) is 1. The number of carbonyl (C=O) groups excluding carboxylic acids is 1. The summed E-state index contributed by atoms with van der Waals surface area (Å²) in [5.74, 6) is 0.0955. The summed E-state index contributed by atoms with van der Waals surface area (Å²) in [5.41, 5.74) is 0. The molecule has 1 aromatic heterocycles. The Balaban J connectivity index is 2.76. The van der Waals surface area contributed by atoms with Crippen LogP contribution in [0.1, 0.15) is 6.92 Å². The largest absolute Gasteiger partial charge is 0.478 e. The molecule has 0 aromatic carbocycles. The molecule has 0 aliphatic rings. The van der Waals surface area contributed by atoms with Gasteiger partial charge in [-0.15, -0.1) is 0 Å². The van der Waals surface area contributed by atoms with E-state index in [9.17, 15) is 4.79 Å². The van der Waals surface area contributed by atoms with Crippen LogP contribution < -0.4 is 10.1 Å². The van der Waals surface area contributed by atoms with Gasteiger partial charge in [-0.25, -0.2) is 4.98 Å². The fraction of sp³-hybridized carbons (Fsp3) is 0.333. The highest BCUT2D eigenvalue weighted by molar-refractivity contribution is 6.33. The molecule has 1 unspecified atom stereocenters. The Kier molecular flexibility index (Phi) is 4.17. The number of carbonyl (C=O) groups is 1. The van der Waals surface area contributed by atoms with E-state index in [1.54, 1.807) is 19.1 Å². The lowest BCUT2D eigenvalue weighted by atomic mass is 10.3. The number of nitrogens with one attached hydrogen (secondary N) is 1. The lowest BCUT2D eigenvalue weighted by Gasteiger charge is -2.13. The standard InChI is InChI=1S/C9H10Cl2N2O2/c1-5(9(14)12-2)15-6-3-4-7(10)13-8(6)11/h3-5H,1-2H3,(H,12,14). The molecule has 0 saturated heterocycles. The number of hydrogen-bond acceptors (Lipinski definition) is 3. The maximum atomic E-state index is 11.2. The highest BCUT2D eigenvalue weighted by Crippen LogP contribution is 2.24. The van der Waals surface area contributed by atoms with Gasteiger partial charge in [0.1, 0.15) is 5.15 Å². The topological polar surface area (TPSA) is 51.2 Å². The lowest BCUT2D eigenvalue weighted by Crippen LogP contribution is -2.33. The van der Waals surface area contributed by atoms with Gasteiger partial charge >= 0.3 is 0 Å². The maximum Gasteiger partial charge on any atom is 0.260 e. The van der Waals surface area contributed by atoms with Crippen molar-refractivity contribution in [2.24, 2.45) is 0 Å². The summed E-state index contributed by atoms with van der Waals surface area (Å²) >= 11 is 11.4. The van der Waals surface area contributed by atoms with Gasteiger partial charge in [0, 0.05) is 7.05 Å². The summed E-state index contributed by atoms with van der Waals surface area (Å²) in [7, 11) is 1.53. The predicted octanol–water partition coefficient (Wildman–Crippen LogP) is 1.90. The monoisotopic (exact) mass is 248 g/mol. The van der Waals surface area contributed by atoms with Crippen LogP contribution in [-0.4, -0.2) is 24.0 Å². The third-order valence-electron chi connectivity index (χ3n) is 1.70. The van der Waals surface area contributed by atoms with Gasteiger partial charge in [-0.1, -0.05) is 23.2 Å². The average molecular weight is 249 g/mol. The van der Waals surface area contributed by atoms with Crippen LogP contribution in [0.5, 0.6) is 5.75 Å². The van der Waals surface area contributed by atoms with E-state index in [0.717, 1.165) is 0 Å². The van der Waals surface area contributed by atoms with Crippen LogP contribution in [0.3, 0.4) is 0 Å². The zero-order valence-corrected chi connectivity index (χ0v) is 9.76. The van der Waals surface area contributed by atoms with Gasteiger partial charge in [0.25, 0.3) is 5.91 Å². The SMILES string of the molecule is CNC(=O)C(C)Oc1ccc(Cl)nc1Cl. The third kappa shape index (κ3) is 3.25. The average Bonchev–Trinajstić information content (AvgIpc) is 2.20. The molecule has 6 heteroatoms. The van der Waals surface area contributed by atoms with Gasteiger partial charge in [0.05, 0.1) is 0 Å². The Hall–Kier alpha value is -1.00. The van der Waals surface area contributed by atoms with E-state index < -0.39 is 6.10 Å². The summed E-state index contributed by atoms with van der Waals surface area (Å²) in [6, 6.07) is 3.11. The van der Waals surface area contributed by atoms with Gasteiger partial charge in [-0.05, 0) is 19.1 Å². The number of likely N-dealkylation sites (N-methyl/N-ethyl adjacent to an activating group) is 1. The van der Waals surface area contributed by atoms with Crippen LogP contribution in [0.2, 0.25) is 10.3 Å². The molecular formula is C9H10Cl2N2O2. The second-order valence-electron chi connectivity index (χ2n) is 2.80. The quantitative estimate of drug-likeness (QED) is 0.832. The molecule has 0 aliphatic heterocycles. The maximum absolute atomic E-state index is 11.2. The number of nitrogens with zero attached hydrogens (tertiary/aromatic N) is 1. The molecule has 1 amide bonds. The zero-order chi connectivity index (χ0) is 11.4. The van der Waals surface area contributed by atoms with Crippen molar-refractivity contribution in [3.8, 4) is 5.75 Å². The Bertz CT molecular complexity index is 371. The zero-order valence-electron chi connectivity index (χ0n) is 8.25. The molecular weight excluding hydrogens is 239 g/mol. The molecule has 1 heterocycles. The molecule has 0 saturated carbocycles. The van der Waals surface area contributed by atoms with E-state index in [1.807, 2.05) is 0 Å². The molecule has 82 valence electrons. The van der Waals surface area contributed by atoms with Crippen LogP contribution in [0.15, 0.2) is 12.1 Å². The second kappa shape index (κ2) is 5.19. The minimum Gasteiger partial charge on any atom is -0.478 e. The first-order chi connectivity index (χ1) is 7.04. The van der Waals surface area contributed by atoms with E-state index >= 15 is 0 Å². The summed E-state index contributed by atoms with van der Waals surface area (Å²) in [5, 5.41) is 2.88. The molecule has 15 heavy (non-hydrogen) atoms. The molecule has 1 atom stereocenters. The van der Waals surface area contributed by atoms with Crippen LogP contribution in [0, 0.1) is 0 Å². The molecule has 0 spiro atoms. The van der Waals surface area contributed by atoms with Crippen LogP contribution in [-0.2, 0) is 4.79 Å². The smallest absolute Gasteiger partial charge is 0.260 e. The molecule has 0 fully saturated rings. The summed E-state index contributed by atoms with van der Waals surface area (Å²) < 4.78 is 5.29. The number of pyridine rings is 1. The molecule has 1 aromatic rings. The van der Waals surface area contributed by atoms with Gasteiger partial charge in [-0.2, -0.15) is 0 Å². The normalized spacial score (nSPS) is 12.0. The predicted molar refractivity (Wildman–Crippen MR) is 58.4 cm³/mol. The van der Waals surface area contributed by atoms with E-state index in [0.29, 0.717) is 5.75 Å². The second-order valence-corrected chi connectivity index (χ2v) is 3.54. The van der Waals surface area contributed by atoms with Crippen molar-refractivity contribution in [1.29, 1.82) is 0 Å². The lowest BCUT2D eigenvalue weighted by molar-refractivity contribution is -0.126. The molecule has 4 nitrogen and oxygen atoms in total. The van der Waals surface area contributed by atoms with E-state index in [1.165, 1.54) is 7.05 Å². The van der Waals surface area contributed by atoms with Crippen molar-refractivity contribution in [3.63, 3.8) is 0 Å². The number of aromatic nitrogens is 1. The highest BCUT2D eigenvalue weighted by atomic mass is 35.5. The Morgan fingerprint density at radius 3 is 2.73 bits per heavy atom. The van der Waals surface area contributed by atoms with Crippen molar-refractivity contribution >= 4 is 29.1 Å². The number of halogens is 2. The van der Waals surface area contributed by atoms with Gasteiger partial charge in [-0.3, -0.25) is 4.79 Å². The van der Waals surface area contributed by atoms with Crippen LogP contribution >= 0.6 is 23.2 Å². The minimum atomic E-state index is -0.629. The Labute approximate surface area is 97.5 Å².